The summed E-state index contributed by atoms with van der Waals surface area (Å²) in [5.41, 5.74) is 0.476. The SMILES string of the molecule is O=C1[C@@H]2[C@@H](C(=O)N1c1cccc(O)c1)[C@@H]1C=C[C@@H]2C1. The van der Waals surface area contributed by atoms with Crippen LogP contribution in [-0.2, 0) is 9.59 Å². The van der Waals surface area contributed by atoms with Crippen molar-refractivity contribution in [2.45, 2.75) is 6.42 Å². The lowest BCUT2D eigenvalue weighted by Crippen LogP contribution is -2.32. The van der Waals surface area contributed by atoms with E-state index in [1.54, 1.807) is 12.1 Å². The maximum Gasteiger partial charge on any atom is 0.238 e. The second-order valence-corrected chi connectivity index (χ2v) is 5.53. The summed E-state index contributed by atoms with van der Waals surface area (Å²) in [6, 6.07) is 6.32. The van der Waals surface area contributed by atoms with Gasteiger partial charge in [-0.15, -0.1) is 0 Å². The van der Waals surface area contributed by atoms with E-state index in [-0.39, 0.29) is 41.2 Å². The average Bonchev–Trinajstić information content (AvgIpc) is 3.04. The number of carbonyl (C=O) groups excluding carboxylic acids is 2. The molecule has 2 fully saturated rings. The number of aromatic hydroxyl groups is 1. The topological polar surface area (TPSA) is 57.6 Å². The summed E-state index contributed by atoms with van der Waals surface area (Å²) in [7, 11) is 0. The Labute approximate surface area is 110 Å². The van der Waals surface area contributed by atoms with E-state index >= 15 is 0 Å². The fourth-order valence-electron chi connectivity index (χ4n) is 3.79. The third-order valence-electron chi connectivity index (χ3n) is 4.56. The molecule has 1 saturated carbocycles. The molecule has 1 heterocycles. The Morgan fingerprint density at radius 3 is 2.26 bits per heavy atom. The van der Waals surface area contributed by atoms with Gasteiger partial charge in [-0.1, -0.05) is 18.2 Å². The number of rotatable bonds is 1. The zero-order chi connectivity index (χ0) is 13.1. The number of hydrogen-bond acceptors (Lipinski definition) is 3. The highest BCUT2D eigenvalue weighted by Crippen LogP contribution is 2.53. The normalized spacial score (nSPS) is 35.3. The van der Waals surface area contributed by atoms with Gasteiger partial charge in [0.1, 0.15) is 5.75 Å². The summed E-state index contributed by atoms with van der Waals surface area (Å²) in [5.74, 6) is -0.108. The van der Waals surface area contributed by atoms with Crippen molar-refractivity contribution in [3.8, 4) is 5.75 Å². The molecule has 1 aromatic carbocycles. The highest BCUT2D eigenvalue weighted by molar-refractivity contribution is 6.22. The molecule has 2 amide bonds. The van der Waals surface area contributed by atoms with Crippen LogP contribution in [0, 0.1) is 23.7 Å². The van der Waals surface area contributed by atoms with Crippen LogP contribution in [0.1, 0.15) is 6.42 Å². The van der Waals surface area contributed by atoms with Crippen LogP contribution in [0.3, 0.4) is 0 Å². The maximum atomic E-state index is 12.5. The molecule has 4 atom stereocenters. The van der Waals surface area contributed by atoms with Crippen LogP contribution in [0.15, 0.2) is 36.4 Å². The van der Waals surface area contributed by atoms with Gasteiger partial charge < -0.3 is 5.11 Å². The van der Waals surface area contributed by atoms with Crippen LogP contribution in [0.4, 0.5) is 5.69 Å². The Hall–Kier alpha value is -2.10. The molecular formula is C15H13NO3. The van der Waals surface area contributed by atoms with E-state index in [1.807, 2.05) is 0 Å². The Kier molecular flexibility index (Phi) is 1.97. The van der Waals surface area contributed by atoms with Crippen molar-refractivity contribution in [3.63, 3.8) is 0 Å². The minimum Gasteiger partial charge on any atom is -0.508 e. The number of carbonyl (C=O) groups is 2. The molecule has 4 nitrogen and oxygen atoms in total. The number of phenols is 1. The number of amides is 2. The van der Waals surface area contributed by atoms with Crippen molar-refractivity contribution >= 4 is 17.5 Å². The standard InChI is InChI=1S/C15H13NO3/c17-11-3-1-2-10(7-11)16-14(18)12-8-4-5-9(6-8)13(12)15(16)19/h1-5,7-9,12-13,17H,6H2/t8-,9-,12+,13+/m1/s1. The van der Waals surface area contributed by atoms with Crippen molar-refractivity contribution in [3.05, 3.63) is 36.4 Å². The van der Waals surface area contributed by atoms with Crippen molar-refractivity contribution in [2.24, 2.45) is 23.7 Å². The molecule has 0 aromatic heterocycles. The van der Waals surface area contributed by atoms with Gasteiger partial charge in [-0.05, 0) is 30.4 Å². The Bertz CT molecular complexity index is 592. The molecule has 0 spiro atoms. The van der Waals surface area contributed by atoms with Gasteiger partial charge in [0.05, 0.1) is 17.5 Å². The molecule has 2 bridgehead atoms. The number of nitrogens with zero attached hydrogens (tertiary/aromatic N) is 1. The summed E-state index contributed by atoms with van der Waals surface area (Å²) < 4.78 is 0. The number of hydrogen-bond donors (Lipinski definition) is 1. The summed E-state index contributed by atoms with van der Waals surface area (Å²) in [6.45, 7) is 0. The molecule has 96 valence electrons. The number of imide groups is 1. The molecule has 4 rings (SSSR count). The van der Waals surface area contributed by atoms with Crippen LogP contribution in [0.25, 0.3) is 0 Å². The third kappa shape index (κ3) is 1.28. The molecule has 0 unspecified atom stereocenters. The molecule has 1 aliphatic heterocycles. The average molecular weight is 255 g/mol. The van der Waals surface area contributed by atoms with Crippen molar-refractivity contribution in [1.82, 2.24) is 0 Å². The zero-order valence-corrected chi connectivity index (χ0v) is 10.2. The fourth-order valence-corrected chi connectivity index (χ4v) is 3.79. The lowest BCUT2D eigenvalue weighted by molar-refractivity contribution is -0.123. The molecule has 19 heavy (non-hydrogen) atoms. The monoisotopic (exact) mass is 255 g/mol. The van der Waals surface area contributed by atoms with Gasteiger partial charge in [-0.2, -0.15) is 0 Å². The number of phenolic OH excluding ortho intramolecular Hbond substituents is 1. The molecule has 2 aliphatic carbocycles. The van der Waals surface area contributed by atoms with Crippen LogP contribution in [0.5, 0.6) is 5.75 Å². The van der Waals surface area contributed by atoms with Gasteiger partial charge in [0.25, 0.3) is 0 Å². The van der Waals surface area contributed by atoms with Gasteiger partial charge in [-0.25, -0.2) is 4.90 Å². The molecular weight excluding hydrogens is 242 g/mol. The largest absolute Gasteiger partial charge is 0.508 e. The van der Waals surface area contributed by atoms with E-state index in [4.69, 9.17) is 0 Å². The molecule has 0 radical (unpaired) electrons. The molecule has 4 heteroatoms. The van der Waals surface area contributed by atoms with E-state index in [0.29, 0.717) is 5.69 Å². The Morgan fingerprint density at radius 2 is 1.68 bits per heavy atom. The lowest BCUT2D eigenvalue weighted by atomic mass is 9.85. The minimum atomic E-state index is -0.190. The summed E-state index contributed by atoms with van der Waals surface area (Å²) >= 11 is 0. The zero-order valence-electron chi connectivity index (χ0n) is 10.2. The second kappa shape index (κ2) is 3.47. The second-order valence-electron chi connectivity index (χ2n) is 5.53. The number of allylic oxidation sites excluding steroid dienone is 2. The molecule has 3 aliphatic rings. The van der Waals surface area contributed by atoms with E-state index in [0.717, 1.165) is 6.42 Å². The quantitative estimate of drug-likeness (QED) is 0.614. The number of benzene rings is 1. The van der Waals surface area contributed by atoms with Gasteiger partial charge >= 0.3 is 0 Å². The summed E-state index contributed by atoms with van der Waals surface area (Å²) in [6.07, 6.45) is 5.08. The smallest absolute Gasteiger partial charge is 0.238 e. The maximum absolute atomic E-state index is 12.5. The predicted molar refractivity (Wildman–Crippen MR) is 68.3 cm³/mol. The van der Waals surface area contributed by atoms with Gasteiger partial charge in [0.15, 0.2) is 0 Å². The van der Waals surface area contributed by atoms with E-state index < -0.39 is 0 Å². The van der Waals surface area contributed by atoms with Gasteiger partial charge in [0.2, 0.25) is 11.8 Å². The Balaban J connectivity index is 1.77. The predicted octanol–water partition coefficient (Wildman–Crippen LogP) is 1.70. The Morgan fingerprint density at radius 1 is 1.05 bits per heavy atom. The first kappa shape index (κ1) is 10.8. The lowest BCUT2D eigenvalue weighted by Gasteiger charge is -2.17. The number of fused-ring (bicyclic) bond motifs is 5. The first-order valence-corrected chi connectivity index (χ1v) is 6.52. The van der Waals surface area contributed by atoms with Crippen molar-refractivity contribution in [2.75, 3.05) is 4.90 Å². The third-order valence-corrected chi connectivity index (χ3v) is 4.56. The molecule has 1 saturated heterocycles. The van der Waals surface area contributed by atoms with E-state index in [1.165, 1.54) is 17.0 Å². The van der Waals surface area contributed by atoms with E-state index in [9.17, 15) is 14.7 Å². The fraction of sp³-hybridized carbons (Fsp3) is 0.333. The van der Waals surface area contributed by atoms with Crippen molar-refractivity contribution < 1.29 is 14.7 Å². The van der Waals surface area contributed by atoms with E-state index in [2.05, 4.69) is 12.2 Å². The summed E-state index contributed by atoms with van der Waals surface area (Å²) in [4.78, 5) is 26.2. The van der Waals surface area contributed by atoms with Crippen LogP contribution < -0.4 is 4.90 Å². The van der Waals surface area contributed by atoms with Gasteiger partial charge in [-0.3, -0.25) is 9.59 Å². The first-order chi connectivity index (χ1) is 9.16. The van der Waals surface area contributed by atoms with Crippen LogP contribution in [0.2, 0.25) is 0 Å². The first-order valence-electron chi connectivity index (χ1n) is 6.52. The molecule has 1 aromatic rings. The van der Waals surface area contributed by atoms with Crippen molar-refractivity contribution in [1.29, 1.82) is 0 Å². The number of anilines is 1. The minimum absolute atomic E-state index is 0.0660. The summed E-state index contributed by atoms with van der Waals surface area (Å²) in [5, 5.41) is 9.50. The highest BCUT2D eigenvalue weighted by Gasteiger charge is 2.59. The van der Waals surface area contributed by atoms with Crippen LogP contribution >= 0.6 is 0 Å². The highest BCUT2D eigenvalue weighted by atomic mass is 16.3. The molecule has 1 N–H and O–H groups in total. The van der Waals surface area contributed by atoms with Crippen LogP contribution in [-0.4, -0.2) is 16.9 Å². The van der Waals surface area contributed by atoms with Gasteiger partial charge in [0, 0.05) is 6.07 Å².